The van der Waals surface area contributed by atoms with Crippen LogP contribution in [0.4, 0.5) is 4.79 Å². The Bertz CT molecular complexity index is 726. The van der Waals surface area contributed by atoms with Crippen molar-refractivity contribution in [3.63, 3.8) is 0 Å². The largest absolute Gasteiger partial charge is 0.444 e. The molecule has 2 aliphatic rings. The molecule has 1 atom stereocenters. The van der Waals surface area contributed by atoms with Gasteiger partial charge in [-0.05, 0) is 39.2 Å². The third kappa shape index (κ3) is 7.21. The smallest absolute Gasteiger partial charge is 0.407 e. The van der Waals surface area contributed by atoms with Gasteiger partial charge in [-0.25, -0.2) is 4.79 Å². The Hall–Kier alpha value is -2.12. The normalized spacial score (nSPS) is 21.5. The van der Waals surface area contributed by atoms with E-state index >= 15 is 0 Å². The lowest BCUT2D eigenvalue weighted by molar-refractivity contribution is -0.131. The van der Waals surface area contributed by atoms with Gasteiger partial charge in [0.15, 0.2) is 0 Å². The molecular formula is C24H37N3O4. The van der Waals surface area contributed by atoms with Crippen molar-refractivity contribution in [2.45, 2.75) is 64.7 Å². The van der Waals surface area contributed by atoms with Crippen LogP contribution in [-0.4, -0.2) is 61.4 Å². The summed E-state index contributed by atoms with van der Waals surface area (Å²) < 4.78 is 11.2. The van der Waals surface area contributed by atoms with Crippen molar-refractivity contribution in [1.29, 1.82) is 0 Å². The van der Waals surface area contributed by atoms with E-state index in [9.17, 15) is 9.59 Å². The summed E-state index contributed by atoms with van der Waals surface area (Å²) in [5.41, 5.74) is 0.166. The van der Waals surface area contributed by atoms with Crippen LogP contribution in [-0.2, 0) is 20.8 Å². The van der Waals surface area contributed by atoms with Crippen molar-refractivity contribution in [2.75, 3.05) is 32.8 Å². The van der Waals surface area contributed by atoms with E-state index in [4.69, 9.17) is 9.47 Å². The Morgan fingerprint density at radius 2 is 1.87 bits per heavy atom. The second-order valence-electron chi connectivity index (χ2n) is 9.77. The van der Waals surface area contributed by atoms with E-state index in [2.05, 4.69) is 39.8 Å². The van der Waals surface area contributed by atoms with Crippen molar-refractivity contribution >= 4 is 12.0 Å². The molecule has 0 spiro atoms. The zero-order valence-electron chi connectivity index (χ0n) is 19.1. The summed E-state index contributed by atoms with van der Waals surface area (Å²) in [6.07, 6.45) is 3.04. The molecule has 172 valence electrons. The first kappa shape index (κ1) is 23.5. The molecule has 7 heteroatoms. The topological polar surface area (TPSA) is 79.9 Å². The number of amides is 2. The quantitative estimate of drug-likeness (QED) is 0.694. The Labute approximate surface area is 185 Å². The maximum absolute atomic E-state index is 13.1. The Balaban J connectivity index is 1.48. The molecule has 7 nitrogen and oxygen atoms in total. The number of hydrogen-bond acceptors (Lipinski definition) is 5. The molecule has 2 amide bonds. The SMILES string of the molecule is CC(C)(C)OC(=O)NCC1(C(=O)NCC2CN(Cc3ccccc3)CCO2)CCCC1. The van der Waals surface area contributed by atoms with Gasteiger partial charge in [0.05, 0.1) is 18.1 Å². The number of ether oxygens (including phenoxy) is 2. The fourth-order valence-electron chi connectivity index (χ4n) is 4.37. The van der Waals surface area contributed by atoms with Crippen molar-refractivity contribution in [1.82, 2.24) is 15.5 Å². The highest BCUT2D eigenvalue weighted by atomic mass is 16.6. The summed E-state index contributed by atoms with van der Waals surface area (Å²) >= 11 is 0. The molecule has 1 aromatic carbocycles. The molecule has 1 aliphatic carbocycles. The second-order valence-corrected chi connectivity index (χ2v) is 9.77. The lowest BCUT2D eigenvalue weighted by Crippen LogP contribution is -2.52. The van der Waals surface area contributed by atoms with Crippen molar-refractivity contribution in [3.8, 4) is 0 Å². The highest BCUT2D eigenvalue weighted by Crippen LogP contribution is 2.38. The van der Waals surface area contributed by atoms with E-state index < -0.39 is 17.1 Å². The van der Waals surface area contributed by atoms with E-state index in [1.54, 1.807) is 0 Å². The van der Waals surface area contributed by atoms with Crippen LogP contribution in [0.25, 0.3) is 0 Å². The second kappa shape index (κ2) is 10.5. The van der Waals surface area contributed by atoms with E-state index in [1.165, 1.54) is 5.56 Å². The Morgan fingerprint density at radius 1 is 1.16 bits per heavy atom. The maximum atomic E-state index is 13.1. The Morgan fingerprint density at radius 3 is 2.55 bits per heavy atom. The molecule has 31 heavy (non-hydrogen) atoms. The molecule has 0 aromatic heterocycles. The Kier molecular flexibility index (Phi) is 7.94. The van der Waals surface area contributed by atoms with Crippen molar-refractivity contribution < 1.29 is 19.1 Å². The summed E-state index contributed by atoms with van der Waals surface area (Å²) in [5, 5.41) is 5.92. The van der Waals surface area contributed by atoms with Crippen LogP contribution in [0.5, 0.6) is 0 Å². The first-order valence-electron chi connectivity index (χ1n) is 11.4. The highest BCUT2D eigenvalue weighted by Gasteiger charge is 2.41. The van der Waals surface area contributed by atoms with Gasteiger partial charge in [0.1, 0.15) is 5.60 Å². The van der Waals surface area contributed by atoms with Gasteiger partial charge in [-0.15, -0.1) is 0 Å². The van der Waals surface area contributed by atoms with Crippen LogP contribution in [0, 0.1) is 5.41 Å². The lowest BCUT2D eigenvalue weighted by atomic mass is 9.85. The number of nitrogens with zero attached hydrogens (tertiary/aromatic N) is 1. The molecule has 1 aromatic rings. The molecule has 3 rings (SSSR count). The third-order valence-electron chi connectivity index (χ3n) is 5.97. The third-order valence-corrected chi connectivity index (χ3v) is 5.97. The van der Waals surface area contributed by atoms with E-state index in [0.717, 1.165) is 45.3 Å². The maximum Gasteiger partial charge on any atom is 0.407 e. The molecule has 2 N–H and O–H groups in total. The van der Waals surface area contributed by atoms with Gasteiger partial charge in [-0.1, -0.05) is 43.2 Å². The molecular weight excluding hydrogens is 394 g/mol. The van der Waals surface area contributed by atoms with Crippen LogP contribution in [0.2, 0.25) is 0 Å². The van der Waals surface area contributed by atoms with Gasteiger partial charge in [0, 0.05) is 32.7 Å². The molecule has 1 aliphatic heterocycles. The molecule has 0 bridgehead atoms. The molecule has 0 radical (unpaired) electrons. The summed E-state index contributed by atoms with van der Waals surface area (Å²) in [7, 11) is 0. The number of morpholine rings is 1. The minimum absolute atomic E-state index is 0.00448. The summed E-state index contributed by atoms with van der Waals surface area (Å²) in [4.78, 5) is 27.6. The molecule has 1 saturated carbocycles. The summed E-state index contributed by atoms with van der Waals surface area (Å²) in [6, 6.07) is 10.4. The van der Waals surface area contributed by atoms with Gasteiger partial charge in [0.25, 0.3) is 0 Å². The summed E-state index contributed by atoms with van der Waals surface area (Å²) in [5.74, 6) is 0.00448. The first-order chi connectivity index (χ1) is 14.8. The lowest BCUT2D eigenvalue weighted by Gasteiger charge is -2.34. The monoisotopic (exact) mass is 431 g/mol. The summed E-state index contributed by atoms with van der Waals surface area (Å²) in [6.45, 7) is 9.51. The van der Waals surface area contributed by atoms with Gasteiger partial charge in [-0.2, -0.15) is 0 Å². The number of rotatable bonds is 7. The van der Waals surface area contributed by atoms with Gasteiger partial charge in [-0.3, -0.25) is 9.69 Å². The molecule has 2 fully saturated rings. The number of carbonyl (C=O) groups excluding carboxylic acids is 2. The fourth-order valence-corrected chi connectivity index (χ4v) is 4.37. The number of alkyl carbamates (subject to hydrolysis) is 1. The van der Waals surface area contributed by atoms with Gasteiger partial charge < -0.3 is 20.1 Å². The minimum atomic E-state index is -0.560. The van der Waals surface area contributed by atoms with Crippen LogP contribution in [0.15, 0.2) is 30.3 Å². The first-order valence-corrected chi connectivity index (χ1v) is 11.4. The van der Waals surface area contributed by atoms with Crippen LogP contribution >= 0.6 is 0 Å². The minimum Gasteiger partial charge on any atom is -0.444 e. The zero-order chi connectivity index (χ0) is 22.3. The van der Waals surface area contributed by atoms with Crippen molar-refractivity contribution in [3.05, 3.63) is 35.9 Å². The van der Waals surface area contributed by atoms with Crippen molar-refractivity contribution in [2.24, 2.45) is 5.41 Å². The predicted molar refractivity (Wildman–Crippen MR) is 120 cm³/mol. The van der Waals surface area contributed by atoms with E-state index in [1.807, 2.05) is 26.8 Å². The van der Waals surface area contributed by atoms with Crippen LogP contribution < -0.4 is 10.6 Å². The average molecular weight is 432 g/mol. The number of benzene rings is 1. The molecule has 1 saturated heterocycles. The van der Waals surface area contributed by atoms with Gasteiger partial charge in [0.2, 0.25) is 5.91 Å². The highest BCUT2D eigenvalue weighted by molar-refractivity contribution is 5.84. The van der Waals surface area contributed by atoms with Gasteiger partial charge >= 0.3 is 6.09 Å². The van der Waals surface area contributed by atoms with E-state index in [-0.39, 0.29) is 12.0 Å². The fraction of sp³-hybridized carbons (Fsp3) is 0.667. The average Bonchev–Trinajstić information content (AvgIpc) is 3.21. The predicted octanol–water partition coefficient (Wildman–Crippen LogP) is 3.09. The number of carbonyl (C=O) groups is 2. The molecule has 1 unspecified atom stereocenters. The zero-order valence-corrected chi connectivity index (χ0v) is 19.1. The van der Waals surface area contributed by atoms with Crippen LogP contribution in [0.3, 0.4) is 0 Å². The molecule has 1 heterocycles. The van der Waals surface area contributed by atoms with E-state index in [0.29, 0.717) is 19.7 Å². The standard InChI is InChI=1S/C24H37N3O4/c1-23(2,3)31-22(29)26-18-24(11-7-8-12-24)21(28)25-15-20-17-27(13-14-30-20)16-19-9-5-4-6-10-19/h4-6,9-10,20H,7-8,11-18H2,1-3H3,(H,25,28)(H,26,29). The number of nitrogens with one attached hydrogen (secondary N) is 2. The van der Waals surface area contributed by atoms with Crippen LogP contribution in [0.1, 0.15) is 52.0 Å². The number of hydrogen-bond donors (Lipinski definition) is 2.